The number of hydrogen-bond donors (Lipinski definition) is 1. The van der Waals surface area contributed by atoms with E-state index >= 15 is 0 Å². The van der Waals surface area contributed by atoms with Crippen LogP contribution in [0.2, 0.25) is 0 Å². The van der Waals surface area contributed by atoms with Crippen LogP contribution in [0, 0.1) is 6.92 Å². The van der Waals surface area contributed by atoms with Gasteiger partial charge in [0.25, 0.3) is 0 Å². The van der Waals surface area contributed by atoms with E-state index < -0.39 is 0 Å². The van der Waals surface area contributed by atoms with Crippen LogP contribution in [-0.2, 0) is 0 Å². The SMILES string of the molecule is CCN(CC)CCCC(C)NC(C)c1ccc(C)o1. The summed E-state index contributed by atoms with van der Waals surface area (Å²) in [5.41, 5.74) is 0. The molecule has 0 radical (unpaired) electrons. The largest absolute Gasteiger partial charge is 0.465 e. The van der Waals surface area contributed by atoms with Crippen LogP contribution in [0.5, 0.6) is 0 Å². The smallest absolute Gasteiger partial charge is 0.120 e. The Morgan fingerprint density at radius 2 is 1.89 bits per heavy atom. The average molecular weight is 266 g/mol. The summed E-state index contributed by atoms with van der Waals surface area (Å²) in [5, 5.41) is 3.61. The van der Waals surface area contributed by atoms with Crippen LogP contribution in [0.1, 0.15) is 58.1 Å². The molecular formula is C16H30N2O. The van der Waals surface area contributed by atoms with Gasteiger partial charge in [-0.05, 0) is 65.4 Å². The molecule has 2 atom stereocenters. The monoisotopic (exact) mass is 266 g/mol. The standard InChI is InChI=1S/C16H30N2O/c1-6-18(7-2)12-8-9-13(3)17-15(5)16-11-10-14(4)19-16/h10-11,13,15,17H,6-9,12H2,1-5H3. The predicted octanol–water partition coefficient (Wildman–Crippen LogP) is 3.75. The summed E-state index contributed by atoms with van der Waals surface area (Å²) in [7, 11) is 0. The molecule has 1 heterocycles. The lowest BCUT2D eigenvalue weighted by Crippen LogP contribution is -2.30. The predicted molar refractivity (Wildman–Crippen MR) is 81.5 cm³/mol. The Bertz CT molecular complexity index is 344. The first-order valence-corrected chi connectivity index (χ1v) is 7.61. The maximum Gasteiger partial charge on any atom is 0.120 e. The number of rotatable bonds is 9. The van der Waals surface area contributed by atoms with Crippen molar-refractivity contribution in [2.75, 3.05) is 19.6 Å². The van der Waals surface area contributed by atoms with Crippen molar-refractivity contribution in [1.29, 1.82) is 0 Å². The van der Waals surface area contributed by atoms with E-state index in [1.165, 1.54) is 19.4 Å². The van der Waals surface area contributed by atoms with Crippen molar-refractivity contribution in [3.8, 4) is 0 Å². The topological polar surface area (TPSA) is 28.4 Å². The third-order valence-corrected chi connectivity index (χ3v) is 3.73. The fourth-order valence-electron chi connectivity index (χ4n) is 2.44. The second-order valence-corrected chi connectivity index (χ2v) is 5.41. The Kier molecular flexibility index (Phi) is 7.17. The fraction of sp³-hybridized carbons (Fsp3) is 0.750. The van der Waals surface area contributed by atoms with Crippen LogP contribution < -0.4 is 5.32 Å². The molecular weight excluding hydrogens is 236 g/mol. The Morgan fingerprint density at radius 1 is 1.21 bits per heavy atom. The van der Waals surface area contributed by atoms with Crippen LogP contribution in [0.3, 0.4) is 0 Å². The maximum atomic E-state index is 5.65. The molecule has 0 spiro atoms. The molecule has 1 N–H and O–H groups in total. The zero-order chi connectivity index (χ0) is 14.3. The quantitative estimate of drug-likeness (QED) is 0.738. The first-order valence-electron chi connectivity index (χ1n) is 7.61. The van der Waals surface area contributed by atoms with Gasteiger partial charge < -0.3 is 14.6 Å². The molecule has 0 bridgehead atoms. The van der Waals surface area contributed by atoms with Crippen LogP contribution in [0.4, 0.5) is 0 Å². The van der Waals surface area contributed by atoms with E-state index in [1.54, 1.807) is 0 Å². The normalized spacial score (nSPS) is 14.8. The molecule has 0 aliphatic heterocycles. The third-order valence-electron chi connectivity index (χ3n) is 3.73. The van der Waals surface area contributed by atoms with Gasteiger partial charge in [0.05, 0.1) is 6.04 Å². The third kappa shape index (κ3) is 5.79. The average Bonchev–Trinajstić information content (AvgIpc) is 2.81. The van der Waals surface area contributed by atoms with Gasteiger partial charge in [0.2, 0.25) is 0 Å². The molecule has 1 aromatic heterocycles. The molecule has 0 aliphatic rings. The van der Waals surface area contributed by atoms with Crippen molar-refractivity contribution in [3.63, 3.8) is 0 Å². The number of nitrogens with zero attached hydrogens (tertiary/aromatic N) is 1. The highest BCUT2D eigenvalue weighted by molar-refractivity contribution is 5.09. The number of aryl methyl sites for hydroxylation is 1. The Hall–Kier alpha value is -0.800. The molecule has 3 heteroatoms. The zero-order valence-corrected chi connectivity index (χ0v) is 13.2. The first kappa shape index (κ1) is 16.3. The Balaban J connectivity index is 2.25. The van der Waals surface area contributed by atoms with E-state index in [2.05, 4.69) is 44.0 Å². The molecule has 0 aliphatic carbocycles. The molecule has 0 fully saturated rings. The van der Waals surface area contributed by atoms with E-state index in [0.29, 0.717) is 6.04 Å². The van der Waals surface area contributed by atoms with E-state index in [0.717, 1.165) is 24.6 Å². The van der Waals surface area contributed by atoms with Gasteiger partial charge in [-0.15, -0.1) is 0 Å². The second kappa shape index (κ2) is 8.39. The van der Waals surface area contributed by atoms with Crippen molar-refractivity contribution in [3.05, 3.63) is 23.7 Å². The van der Waals surface area contributed by atoms with Gasteiger partial charge in [0.1, 0.15) is 11.5 Å². The molecule has 3 nitrogen and oxygen atoms in total. The van der Waals surface area contributed by atoms with E-state index in [9.17, 15) is 0 Å². The second-order valence-electron chi connectivity index (χ2n) is 5.41. The van der Waals surface area contributed by atoms with Gasteiger partial charge in [0, 0.05) is 6.04 Å². The van der Waals surface area contributed by atoms with Crippen molar-refractivity contribution < 1.29 is 4.42 Å². The van der Waals surface area contributed by atoms with Crippen LogP contribution in [0.25, 0.3) is 0 Å². The van der Waals surface area contributed by atoms with E-state index in [4.69, 9.17) is 4.42 Å². The van der Waals surface area contributed by atoms with Gasteiger partial charge in [-0.2, -0.15) is 0 Å². The van der Waals surface area contributed by atoms with Gasteiger partial charge in [0.15, 0.2) is 0 Å². The minimum absolute atomic E-state index is 0.289. The zero-order valence-electron chi connectivity index (χ0n) is 13.2. The minimum atomic E-state index is 0.289. The van der Waals surface area contributed by atoms with Crippen molar-refractivity contribution in [2.45, 2.75) is 59.5 Å². The van der Waals surface area contributed by atoms with Crippen molar-refractivity contribution in [2.24, 2.45) is 0 Å². The number of furan rings is 1. The Morgan fingerprint density at radius 3 is 2.42 bits per heavy atom. The lowest BCUT2D eigenvalue weighted by Gasteiger charge is -2.21. The summed E-state index contributed by atoms with van der Waals surface area (Å²) < 4.78 is 5.65. The fourth-order valence-corrected chi connectivity index (χ4v) is 2.44. The summed E-state index contributed by atoms with van der Waals surface area (Å²) in [6, 6.07) is 4.90. The van der Waals surface area contributed by atoms with E-state index in [1.807, 2.05) is 13.0 Å². The molecule has 1 rings (SSSR count). The Labute approximate surface area is 118 Å². The van der Waals surface area contributed by atoms with Crippen molar-refractivity contribution in [1.82, 2.24) is 10.2 Å². The lowest BCUT2D eigenvalue weighted by molar-refractivity contribution is 0.286. The first-order chi connectivity index (χ1) is 9.06. The van der Waals surface area contributed by atoms with Gasteiger partial charge in [-0.25, -0.2) is 0 Å². The molecule has 1 aromatic rings. The number of hydrogen-bond acceptors (Lipinski definition) is 3. The van der Waals surface area contributed by atoms with Gasteiger partial charge in [-0.1, -0.05) is 13.8 Å². The molecule has 0 amide bonds. The highest BCUT2D eigenvalue weighted by Crippen LogP contribution is 2.16. The molecule has 0 saturated carbocycles. The van der Waals surface area contributed by atoms with E-state index in [-0.39, 0.29) is 6.04 Å². The summed E-state index contributed by atoms with van der Waals surface area (Å²) in [4.78, 5) is 2.48. The number of nitrogens with one attached hydrogen (secondary N) is 1. The molecule has 110 valence electrons. The van der Waals surface area contributed by atoms with Gasteiger partial charge in [-0.3, -0.25) is 0 Å². The summed E-state index contributed by atoms with van der Waals surface area (Å²) in [5.74, 6) is 2.02. The van der Waals surface area contributed by atoms with Gasteiger partial charge >= 0.3 is 0 Å². The van der Waals surface area contributed by atoms with Crippen LogP contribution in [-0.4, -0.2) is 30.6 Å². The highest BCUT2D eigenvalue weighted by Gasteiger charge is 2.12. The summed E-state index contributed by atoms with van der Waals surface area (Å²) in [6.45, 7) is 14.4. The highest BCUT2D eigenvalue weighted by atomic mass is 16.3. The summed E-state index contributed by atoms with van der Waals surface area (Å²) >= 11 is 0. The van der Waals surface area contributed by atoms with Crippen LogP contribution in [0.15, 0.2) is 16.5 Å². The van der Waals surface area contributed by atoms with Crippen LogP contribution >= 0.6 is 0 Å². The minimum Gasteiger partial charge on any atom is -0.465 e. The molecule has 2 unspecified atom stereocenters. The van der Waals surface area contributed by atoms with Crippen molar-refractivity contribution >= 4 is 0 Å². The summed E-state index contributed by atoms with van der Waals surface area (Å²) in [6.07, 6.45) is 2.46. The molecule has 0 saturated heterocycles. The molecule has 0 aromatic carbocycles. The lowest BCUT2D eigenvalue weighted by atomic mass is 10.1. The maximum absolute atomic E-state index is 5.65. The molecule has 19 heavy (non-hydrogen) atoms.